The number of carbonyl (C=O) groups is 4. The molecule has 0 bridgehead atoms. The van der Waals surface area contributed by atoms with E-state index in [4.69, 9.17) is 24.7 Å². The van der Waals surface area contributed by atoms with Crippen molar-refractivity contribution in [1.82, 2.24) is 0 Å². The molecule has 0 saturated heterocycles. The standard InChI is InChI=1S/C24H26N2O8/c1-5-12-26-15-11-9-8-10-14(15)24(19(20(26)25)21(28)31-4)18(22(29)33-7-3)16(34-23(24)30)13-17(27)32-6-2/h5,8-11H,1,6-7,12-13,25H2,2-4H3/t24-/m0/s1. The van der Waals surface area contributed by atoms with Gasteiger partial charge in [-0.2, -0.15) is 0 Å². The van der Waals surface area contributed by atoms with Gasteiger partial charge in [0.15, 0.2) is 5.41 Å². The summed E-state index contributed by atoms with van der Waals surface area (Å²) in [5.74, 6) is -3.99. The number of ether oxygens (including phenoxy) is 4. The summed E-state index contributed by atoms with van der Waals surface area (Å²) in [6.07, 6.45) is 1.04. The molecule has 1 atom stereocenters. The summed E-state index contributed by atoms with van der Waals surface area (Å²) >= 11 is 0. The van der Waals surface area contributed by atoms with Gasteiger partial charge in [-0.1, -0.05) is 24.3 Å². The van der Waals surface area contributed by atoms with Crippen LogP contribution >= 0.6 is 0 Å². The van der Waals surface area contributed by atoms with Crippen LogP contribution in [0, 0.1) is 0 Å². The van der Waals surface area contributed by atoms with Crippen LogP contribution in [0.1, 0.15) is 25.8 Å². The van der Waals surface area contributed by atoms with E-state index in [1.54, 1.807) is 49.1 Å². The number of nitrogens with two attached hydrogens (primary N) is 1. The second-order valence-corrected chi connectivity index (χ2v) is 7.31. The molecule has 1 aromatic carbocycles. The van der Waals surface area contributed by atoms with E-state index >= 15 is 0 Å². The van der Waals surface area contributed by atoms with Crippen LogP contribution < -0.4 is 10.6 Å². The molecule has 0 fully saturated rings. The van der Waals surface area contributed by atoms with E-state index < -0.39 is 35.7 Å². The Bertz CT molecular complexity index is 1120. The first-order chi connectivity index (χ1) is 16.3. The van der Waals surface area contributed by atoms with Gasteiger partial charge >= 0.3 is 23.9 Å². The summed E-state index contributed by atoms with van der Waals surface area (Å²) in [4.78, 5) is 53.9. The van der Waals surface area contributed by atoms with Crippen LogP contribution in [0.4, 0.5) is 5.69 Å². The Hall–Kier alpha value is -4.08. The molecule has 0 aromatic heterocycles. The molecular weight excluding hydrogens is 444 g/mol. The second kappa shape index (κ2) is 9.82. The number of anilines is 1. The molecule has 34 heavy (non-hydrogen) atoms. The highest BCUT2D eigenvalue weighted by molar-refractivity contribution is 6.16. The van der Waals surface area contributed by atoms with Crippen molar-refractivity contribution in [3.8, 4) is 0 Å². The monoisotopic (exact) mass is 470 g/mol. The van der Waals surface area contributed by atoms with E-state index in [0.29, 0.717) is 5.69 Å². The molecule has 1 aromatic rings. The summed E-state index contributed by atoms with van der Waals surface area (Å²) < 4.78 is 20.7. The van der Waals surface area contributed by atoms with Crippen molar-refractivity contribution in [3.05, 3.63) is 65.2 Å². The van der Waals surface area contributed by atoms with E-state index in [9.17, 15) is 19.2 Å². The van der Waals surface area contributed by atoms with Crippen LogP contribution in [-0.2, 0) is 43.5 Å². The number of nitrogens with zero attached hydrogens (tertiary/aromatic N) is 1. The molecule has 2 heterocycles. The molecule has 180 valence electrons. The summed E-state index contributed by atoms with van der Waals surface area (Å²) in [6.45, 7) is 7.17. The van der Waals surface area contributed by atoms with Gasteiger partial charge in [-0.3, -0.25) is 4.79 Å². The van der Waals surface area contributed by atoms with Crippen molar-refractivity contribution >= 4 is 29.6 Å². The van der Waals surface area contributed by atoms with Crippen molar-refractivity contribution in [2.24, 2.45) is 5.73 Å². The van der Waals surface area contributed by atoms with Crippen molar-refractivity contribution in [2.45, 2.75) is 25.7 Å². The maximum atomic E-state index is 13.7. The zero-order valence-electron chi connectivity index (χ0n) is 19.2. The van der Waals surface area contributed by atoms with Crippen LogP contribution in [0.5, 0.6) is 0 Å². The van der Waals surface area contributed by atoms with Crippen molar-refractivity contribution in [1.29, 1.82) is 0 Å². The molecular formula is C24H26N2O8. The molecule has 0 saturated carbocycles. The lowest BCUT2D eigenvalue weighted by atomic mass is 9.66. The molecule has 0 radical (unpaired) electrons. The van der Waals surface area contributed by atoms with Crippen LogP contribution in [0.2, 0.25) is 0 Å². The number of benzene rings is 1. The molecule has 0 unspecified atom stereocenters. The van der Waals surface area contributed by atoms with E-state index in [1.807, 2.05) is 0 Å². The molecule has 0 amide bonds. The fourth-order valence-corrected chi connectivity index (χ4v) is 4.26. The van der Waals surface area contributed by atoms with Gasteiger partial charge in [-0.05, 0) is 19.9 Å². The van der Waals surface area contributed by atoms with Gasteiger partial charge in [0, 0.05) is 17.8 Å². The molecule has 10 heteroatoms. The fraction of sp³-hybridized carbons (Fsp3) is 0.333. The number of cyclic esters (lactones) is 1. The molecule has 3 rings (SSSR count). The second-order valence-electron chi connectivity index (χ2n) is 7.31. The lowest BCUT2D eigenvalue weighted by molar-refractivity contribution is -0.148. The third-order valence-electron chi connectivity index (χ3n) is 5.49. The molecule has 0 aliphatic carbocycles. The maximum Gasteiger partial charge on any atom is 0.339 e. The molecule has 2 aliphatic rings. The lowest BCUT2D eigenvalue weighted by Gasteiger charge is -2.40. The van der Waals surface area contributed by atoms with Crippen molar-refractivity contribution in [3.63, 3.8) is 0 Å². The predicted molar refractivity (Wildman–Crippen MR) is 120 cm³/mol. The third-order valence-corrected chi connectivity index (χ3v) is 5.49. The van der Waals surface area contributed by atoms with Crippen LogP contribution in [0.25, 0.3) is 0 Å². The minimum Gasteiger partial charge on any atom is -0.466 e. The number of rotatable bonds is 8. The van der Waals surface area contributed by atoms with Gasteiger partial charge in [0.2, 0.25) is 0 Å². The largest absolute Gasteiger partial charge is 0.466 e. The van der Waals surface area contributed by atoms with E-state index in [-0.39, 0.29) is 48.0 Å². The molecule has 1 spiro atoms. The molecule has 2 N–H and O–H groups in total. The van der Waals surface area contributed by atoms with Gasteiger partial charge in [0.05, 0.1) is 20.3 Å². The first-order valence-corrected chi connectivity index (χ1v) is 10.6. The highest BCUT2D eigenvalue weighted by atomic mass is 16.6. The van der Waals surface area contributed by atoms with Gasteiger partial charge in [0.1, 0.15) is 29.1 Å². The minimum atomic E-state index is -2.11. The minimum absolute atomic E-state index is 0.0315. The average molecular weight is 470 g/mol. The quantitative estimate of drug-likeness (QED) is 0.339. The van der Waals surface area contributed by atoms with Crippen LogP contribution in [-0.4, -0.2) is 50.7 Å². The van der Waals surface area contributed by atoms with E-state index in [2.05, 4.69) is 6.58 Å². The van der Waals surface area contributed by atoms with Crippen molar-refractivity contribution < 1.29 is 38.1 Å². The zero-order chi connectivity index (χ0) is 25.0. The summed E-state index contributed by atoms with van der Waals surface area (Å²) in [5, 5.41) is 0. The molecule has 2 aliphatic heterocycles. The summed E-state index contributed by atoms with van der Waals surface area (Å²) in [5.41, 5.74) is 4.38. The Morgan fingerprint density at radius 1 is 1.12 bits per heavy atom. The van der Waals surface area contributed by atoms with Crippen molar-refractivity contribution in [2.75, 3.05) is 31.8 Å². The van der Waals surface area contributed by atoms with E-state index in [0.717, 1.165) is 7.11 Å². The SMILES string of the molecule is C=CCN1C(N)=C(C(=O)OC)[C@]2(C(=O)OC(CC(=O)OCC)=C2C(=O)OCC)c2ccccc21. The first-order valence-electron chi connectivity index (χ1n) is 10.6. The number of fused-ring (bicyclic) bond motifs is 2. The van der Waals surface area contributed by atoms with Crippen LogP contribution in [0.3, 0.4) is 0 Å². The number of esters is 4. The topological polar surface area (TPSA) is 134 Å². The average Bonchev–Trinajstić information content (AvgIpc) is 3.08. The third kappa shape index (κ3) is 3.70. The zero-order valence-corrected chi connectivity index (χ0v) is 19.2. The van der Waals surface area contributed by atoms with Crippen LogP contribution in [0.15, 0.2) is 59.6 Å². The first kappa shape index (κ1) is 24.6. The van der Waals surface area contributed by atoms with Gasteiger partial charge in [0.25, 0.3) is 0 Å². The smallest absolute Gasteiger partial charge is 0.339 e. The number of hydrogen-bond donors (Lipinski definition) is 1. The number of hydrogen-bond acceptors (Lipinski definition) is 10. The highest BCUT2D eigenvalue weighted by Crippen LogP contribution is 2.54. The fourth-order valence-electron chi connectivity index (χ4n) is 4.26. The van der Waals surface area contributed by atoms with Gasteiger partial charge in [-0.15, -0.1) is 6.58 Å². The number of methoxy groups -OCH3 is 1. The Kier molecular flexibility index (Phi) is 7.09. The number of carbonyl (C=O) groups excluding carboxylic acids is 4. The Morgan fingerprint density at radius 3 is 2.41 bits per heavy atom. The Balaban J connectivity index is 2.44. The van der Waals surface area contributed by atoms with E-state index in [1.165, 1.54) is 0 Å². The Morgan fingerprint density at radius 2 is 1.79 bits per heavy atom. The highest BCUT2D eigenvalue weighted by Gasteiger charge is 2.64. The summed E-state index contributed by atoms with van der Waals surface area (Å²) in [6, 6.07) is 6.62. The Labute approximate surface area is 196 Å². The number of para-hydroxylation sites is 1. The predicted octanol–water partition coefficient (Wildman–Crippen LogP) is 1.60. The van der Waals surface area contributed by atoms with Gasteiger partial charge in [-0.25, -0.2) is 14.4 Å². The maximum absolute atomic E-state index is 13.7. The lowest BCUT2D eigenvalue weighted by Crippen LogP contribution is -2.50. The summed E-state index contributed by atoms with van der Waals surface area (Å²) in [7, 11) is 1.13. The molecule has 10 nitrogen and oxygen atoms in total. The van der Waals surface area contributed by atoms with Gasteiger partial charge < -0.3 is 29.6 Å². The normalized spacial score (nSPS) is 19.0.